The minimum absolute atomic E-state index is 0.171. The van der Waals surface area contributed by atoms with Crippen molar-refractivity contribution in [2.75, 3.05) is 18.9 Å². The van der Waals surface area contributed by atoms with E-state index in [0.717, 1.165) is 0 Å². The van der Waals surface area contributed by atoms with Crippen LogP contribution in [0.25, 0.3) is 0 Å². The Morgan fingerprint density at radius 3 is 2.35 bits per heavy atom. The fourth-order valence-corrected chi connectivity index (χ4v) is 3.89. The van der Waals surface area contributed by atoms with Crippen LogP contribution < -0.4 is 10.0 Å². The summed E-state index contributed by atoms with van der Waals surface area (Å²) in [6, 6.07) is 3.04. The Morgan fingerprint density at radius 2 is 1.85 bits per heavy atom. The molecule has 1 aromatic rings. The predicted molar refractivity (Wildman–Crippen MR) is 80.0 cm³/mol. The fraction of sp³-hybridized carbons (Fsp3) is 0.643. The molecule has 20 heavy (non-hydrogen) atoms. The van der Waals surface area contributed by atoms with Crippen LogP contribution in [0.1, 0.15) is 27.7 Å². The molecule has 0 radical (unpaired) electrons. The van der Waals surface area contributed by atoms with Crippen molar-refractivity contribution in [3.63, 3.8) is 0 Å². The third kappa shape index (κ3) is 2.42. The van der Waals surface area contributed by atoms with Crippen LogP contribution in [0, 0.1) is 16.7 Å². The van der Waals surface area contributed by atoms with Crippen LogP contribution in [-0.4, -0.2) is 27.0 Å². The van der Waals surface area contributed by atoms with Gasteiger partial charge in [0.15, 0.2) is 0 Å². The Bertz CT molecular complexity index is 595. The molecule has 0 aliphatic heterocycles. The topological polar surface area (TPSA) is 71.1 Å². The van der Waals surface area contributed by atoms with Crippen LogP contribution >= 0.6 is 0 Å². The Kier molecular flexibility index (Phi) is 3.59. The number of hydrogen-bond acceptors (Lipinski definition) is 4. The zero-order valence-electron chi connectivity index (χ0n) is 12.7. The maximum atomic E-state index is 12.3. The Morgan fingerprint density at radius 1 is 1.25 bits per heavy atom. The van der Waals surface area contributed by atoms with E-state index in [1.807, 2.05) is 0 Å². The van der Waals surface area contributed by atoms with E-state index in [0.29, 0.717) is 18.3 Å². The number of aromatic nitrogens is 1. The zero-order chi connectivity index (χ0) is 15.2. The van der Waals surface area contributed by atoms with Gasteiger partial charge in [-0.3, -0.25) is 0 Å². The number of anilines is 1. The molecule has 0 saturated heterocycles. The van der Waals surface area contributed by atoms with Gasteiger partial charge in [0.25, 0.3) is 0 Å². The van der Waals surface area contributed by atoms with E-state index in [-0.39, 0.29) is 15.7 Å². The van der Waals surface area contributed by atoms with Crippen LogP contribution in [0.2, 0.25) is 0 Å². The third-order valence-electron chi connectivity index (χ3n) is 5.09. The van der Waals surface area contributed by atoms with Crippen LogP contribution in [0.4, 0.5) is 5.82 Å². The first-order valence-corrected chi connectivity index (χ1v) is 8.25. The first-order valence-electron chi connectivity index (χ1n) is 6.76. The minimum atomic E-state index is -3.48. The van der Waals surface area contributed by atoms with E-state index in [4.69, 9.17) is 0 Å². The van der Waals surface area contributed by atoms with Gasteiger partial charge in [-0.2, -0.15) is 0 Å². The van der Waals surface area contributed by atoms with Gasteiger partial charge < -0.3 is 5.32 Å². The molecule has 1 saturated carbocycles. The molecule has 2 N–H and O–H groups in total. The van der Waals surface area contributed by atoms with Crippen LogP contribution in [0.3, 0.4) is 0 Å². The highest BCUT2D eigenvalue weighted by Crippen LogP contribution is 2.67. The summed E-state index contributed by atoms with van der Waals surface area (Å²) in [5.41, 5.74) is 0.341. The summed E-state index contributed by atoms with van der Waals surface area (Å²) in [5, 5.41) is 2.84. The first kappa shape index (κ1) is 15.3. The van der Waals surface area contributed by atoms with Crippen LogP contribution in [-0.2, 0) is 10.0 Å². The van der Waals surface area contributed by atoms with Crippen molar-refractivity contribution in [1.29, 1.82) is 0 Å². The van der Waals surface area contributed by atoms with Gasteiger partial charge in [-0.05, 0) is 22.8 Å². The Hall–Kier alpha value is -1.14. The summed E-state index contributed by atoms with van der Waals surface area (Å²) in [4.78, 5) is 4.27. The number of hydrogen-bond donors (Lipinski definition) is 2. The van der Waals surface area contributed by atoms with E-state index in [1.165, 1.54) is 18.3 Å². The smallest absolute Gasteiger partial charge is 0.240 e. The van der Waals surface area contributed by atoms with Crippen molar-refractivity contribution >= 4 is 15.8 Å². The van der Waals surface area contributed by atoms with E-state index in [9.17, 15) is 8.42 Å². The second-order valence-corrected chi connectivity index (χ2v) is 8.24. The number of rotatable bonds is 5. The molecule has 5 nitrogen and oxygen atoms in total. The molecule has 0 unspecified atom stereocenters. The molecule has 0 amide bonds. The maximum absolute atomic E-state index is 12.3. The summed E-state index contributed by atoms with van der Waals surface area (Å²) in [6.07, 6.45) is 1.49. The standard InChI is InChI=1S/C14H23N3O2S/c1-13(2)11(14(13,3)4)9-17-20(18,19)10-6-7-16-12(8-10)15-5/h6-8,11,17H,9H2,1-5H3,(H,15,16). The zero-order valence-corrected chi connectivity index (χ0v) is 13.5. The largest absolute Gasteiger partial charge is 0.373 e. The lowest BCUT2D eigenvalue weighted by atomic mass is 10.0. The van der Waals surface area contributed by atoms with Gasteiger partial charge in [-0.1, -0.05) is 27.7 Å². The highest BCUT2D eigenvalue weighted by Gasteiger charge is 2.64. The van der Waals surface area contributed by atoms with Crippen molar-refractivity contribution in [2.24, 2.45) is 16.7 Å². The Labute approximate surface area is 121 Å². The van der Waals surface area contributed by atoms with Crippen molar-refractivity contribution in [2.45, 2.75) is 32.6 Å². The minimum Gasteiger partial charge on any atom is -0.373 e. The highest BCUT2D eigenvalue weighted by atomic mass is 32.2. The SMILES string of the molecule is CNc1cc(S(=O)(=O)NCC2C(C)(C)C2(C)C)ccn1. The van der Waals surface area contributed by atoms with E-state index in [2.05, 4.69) is 42.7 Å². The van der Waals surface area contributed by atoms with E-state index >= 15 is 0 Å². The lowest BCUT2D eigenvalue weighted by Crippen LogP contribution is -2.27. The Balaban J connectivity index is 2.09. The maximum Gasteiger partial charge on any atom is 0.240 e. The molecule has 1 heterocycles. The molecule has 1 aliphatic carbocycles. The third-order valence-corrected chi connectivity index (χ3v) is 6.52. The average molecular weight is 297 g/mol. The summed E-state index contributed by atoms with van der Waals surface area (Å²) in [7, 11) is -1.77. The molecular weight excluding hydrogens is 274 g/mol. The average Bonchev–Trinajstić information content (AvgIpc) is 2.77. The molecule has 112 valence electrons. The van der Waals surface area contributed by atoms with Crippen molar-refractivity contribution in [3.05, 3.63) is 18.3 Å². The normalized spacial score (nSPS) is 20.6. The monoisotopic (exact) mass is 297 g/mol. The molecule has 1 fully saturated rings. The fourth-order valence-electron chi connectivity index (χ4n) is 2.83. The molecule has 0 atom stereocenters. The second-order valence-electron chi connectivity index (χ2n) is 6.47. The summed E-state index contributed by atoms with van der Waals surface area (Å²) < 4.78 is 27.3. The lowest BCUT2D eigenvalue weighted by Gasteiger charge is -2.08. The predicted octanol–water partition coefficient (Wildman–Crippen LogP) is 2.08. The molecule has 0 spiro atoms. The highest BCUT2D eigenvalue weighted by molar-refractivity contribution is 7.89. The van der Waals surface area contributed by atoms with E-state index in [1.54, 1.807) is 7.05 Å². The molecule has 0 aromatic carbocycles. The van der Waals surface area contributed by atoms with Gasteiger partial charge in [0.05, 0.1) is 4.90 Å². The van der Waals surface area contributed by atoms with Crippen molar-refractivity contribution < 1.29 is 8.42 Å². The molecule has 1 aliphatic rings. The van der Waals surface area contributed by atoms with Gasteiger partial charge in [0, 0.05) is 25.9 Å². The van der Waals surface area contributed by atoms with Gasteiger partial charge in [0.1, 0.15) is 5.82 Å². The van der Waals surface area contributed by atoms with Gasteiger partial charge in [0.2, 0.25) is 10.0 Å². The van der Waals surface area contributed by atoms with Crippen molar-refractivity contribution in [3.8, 4) is 0 Å². The lowest BCUT2D eigenvalue weighted by molar-refractivity contribution is 0.457. The quantitative estimate of drug-likeness (QED) is 0.873. The molecular formula is C14H23N3O2S. The summed E-state index contributed by atoms with van der Waals surface area (Å²) >= 11 is 0. The summed E-state index contributed by atoms with van der Waals surface area (Å²) in [5.74, 6) is 0.898. The van der Waals surface area contributed by atoms with Gasteiger partial charge >= 0.3 is 0 Å². The van der Waals surface area contributed by atoms with Crippen LogP contribution in [0.5, 0.6) is 0 Å². The summed E-state index contributed by atoms with van der Waals surface area (Å²) in [6.45, 7) is 9.18. The molecule has 6 heteroatoms. The number of pyridine rings is 1. The number of nitrogens with zero attached hydrogens (tertiary/aromatic N) is 1. The van der Waals surface area contributed by atoms with Crippen molar-refractivity contribution in [1.82, 2.24) is 9.71 Å². The van der Waals surface area contributed by atoms with E-state index < -0.39 is 10.0 Å². The number of nitrogens with one attached hydrogen (secondary N) is 2. The number of sulfonamides is 1. The van der Waals surface area contributed by atoms with Gasteiger partial charge in [-0.15, -0.1) is 0 Å². The van der Waals surface area contributed by atoms with Crippen LogP contribution in [0.15, 0.2) is 23.2 Å². The second kappa shape index (κ2) is 4.70. The first-order chi connectivity index (χ1) is 9.13. The molecule has 2 rings (SSSR count). The molecule has 1 aromatic heterocycles. The van der Waals surface area contributed by atoms with Gasteiger partial charge in [-0.25, -0.2) is 18.1 Å². The molecule has 0 bridgehead atoms.